The quantitative estimate of drug-likeness (QED) is 0.517. The number of alkyl halides is 5. The molecule has 7 nitrogen and oxygen atoms in total. The first-order chi connectivity index (χ1) is 12.5. The number of esters is 1. The van der Waals surface area contributed by atoms with Crippen LogP contribution in [0.5, 0.6) is 0 Å². The third-order valence-corrected chi connectivity index (χ3v) is 4.50. The number of hydrogen-bond acceptors (Lipinski definition) is 5. The molecule has 0 aromatic heterocycles. The van der Waals surface area contributed by atoms with E-state index in [0.29, 0.717) is 11.8 Å². The number of halogens is 5. The van der Waals surface area contributed by atoms with Crippen LogP contribution in [0.15, 0.2) is 21.7 Å². The average Bonchev–Trinajstić information content (AvgIpc) is 2.49. The summed E-state index contributed by atoms with van der Waals surface area (Å²) in [6.07, 6.45) is -11.9. The highest BCUT2D eigenvalue weighted by Crippen LogP contribution is 2.48. The zero-order valence-corrected chi connectivity index (χ0v) is 15.7. The number of nitrogens with zero attached hydrogens (tertiary/aromatic N) is 1. The van der Waals surface area contributed by atoms with Gasteiger partial charge in [0.05, 0.1) is 12.7 Å². The Balaban J connectivity index is 4.18. The standard InChI is InChI=1S/C15H16F5NO6S/c1-14(2,3)28-8-5(12(24)27-4)7(10(16)17)21(13(25)26)9(15(18,19)20)6(8)11(22)23/h7,10H,1-4H3,(H,22,23)(H,25,26). The molecule has 13 heteroatoms. The maximum absolute atomic E-state index is 13.7. The molecule has 158 valence electrons. The fourth-order valence-electron chi connectivity index (χ4n) is 2.43. The number of amides is 1. The van der Waals surface area contributed by atoms with E-state index in [-0.39, 0.29) is 0 Å². The molecule has 0 bridgehead atoms. The first-order valence-electron chi connectivity index (χ1n) is 7.41. The van der Waals surface area contributed by atoms with Crippen LogP contribution in [0.4, 0.5) is 26.7 Å². The number of carbonyl (C=O) groups excluding carboxylic acids is 1. The molecule has 0 spiro atoms. The highest BCUT2D eigenvalue weighted by atomic mass is 32.2. The van der Waals surface area contributed by atoms with E-state index in [4.69, 9.17) is 5.11 Å². The van der Waals surface area contributed by atoms with Crippen LogP contribution in [-0.4, -0.2) is 63.6 Å². The maximum atomic E-state index is 13.7. The van der Waals surface area contributed by atoms with Gasteiger partial charge < -0.3 is 14.9 Å². The van der Waals surface area contributed by atoms with Crippen LogP contribution in [0, 0.1) is 0 Å². The lowest BCUT2D eigenvalue weighted by Crippen LogP contribution is -2.52. The van der Waals surface area contributed by atoms with Crippen molar-refractivity contribution in [3.8, 4) is 0 Å². The zero-order valence-electron chi connectivity index (χ0n) is 14.9. The molecule has 1 aliphatic heterocycles. The predicted molar refractivity (Wildman–Crippen MR) is 86.8 cm³/mol. The maximum Gasteiger partial charge on any atom is 0.432 e. The van der Waals surface area contributed by atoms with E-state index < -0.39 is 68.1 Å². The summed E-state index contributed by atoms with van der Waals surface area (Å²) in [5.41, 5.74) is -5.10. The molecule has 0 aliphatic carbocycles. The Morgan fingerprint density at radius 2 is 1.64 bits per heavy atom. The first kappa shape index (κ1) is 23.7. The molecule has 1 amide bonds. The molecular weight excluding hydrogens is 417 g/mol. The normalized spacial score (nSPS) is 18.6. The number of carboxylic acids is 1. The van der Waals surface area contributed by atoms with Crippen molar-refractivity contribution in [1.29, 1.82) is 0 Å². The Hall–Kier alpha value is -2.31. The minimum atomic E-state index is -5.62. The lowest BCUT2D eigenvalue weighted by Gasteiger charge is -2.38. The van der Waals surface area contributed by atoms with E-state index in [9.17, 15) is 41.4 Å². The number of aliphatic carboxylic acids is 1. The van der Waals surface area contributed by atoms with E-state index in [2.05, 4.69) is 4.74 Å². The van der Waals surface area contributed by atoms with Gasteiger partial charge in [-0.05, 0) is 0 Å². The first-order valence-corrected chi connectivity index (χ1v) is 8.23. The summed E-state index contributed by atoms with van der Waals surface area (Å²) in [5, 5.41) is 18.5. The monoisotopic (exact) mass is 433 g/mol. The van der Waals surface area contributed by atoms with E-state index >= 15 is 0 Å². The molecule has 1 aliphatic rings. The van der Waals surface area contributed by atoms with Crippen molar-refractivity contribution in [2.24, 2.45) is 0 Å². The van der Waals surface area contributed by atoms with Crippen molar-refractivity contribution in [3.63, 3.8) is 0 Å². The molecule has 1 atom stereocenters. The van der Waals surface area contributed by atoms with Gasteiger partial charge in [-0.15, -0.1) is 11.8 Å². The molecule has 1 unspecified atom stereocenters. The van der Waals surface area contributed by atoms with Crippen LogP contribution >= 0.6 is 11.8 Å². The highest BCUT2D eigenvalue weighted by molar-refractivity contribution is 8.04. The summed E-state index contributed by atoms with van der Waals surface area (Å²) in [6, 6.07) is -2.91. The number of methoxy groups -OCH3 is 1. The highest BCUT2D eigenvalue weighted by Gasteiger charge is 2.55. The zero-order chi connectivity index (χ0) is 22.2. The number of hydrogen-bond donors (Lipinski definition) is 2. The van der Waals surface area contributed by atoms with E-state index in [1.165, 1.54) is 20.8 Å². The van der Waals surface area contributed by atoms with Gasteiger partial charge in [0.2, 0.25) is 0 Å². The van der Waals surface area contributed by atoms with Crippen molar-refractivity contribution in [2.45, 2.75) is 44.2 Å². The van der Waals surface area contributed by atoms with E-state index in [0.717, 1.165) is 7.11 Å². The SMILES string of the molecule is COC(=O)C1=C(SC(C)(C)C)C(C(=O)O)=C(C(F)(F)F)N(C(=O)O)C1C(F)F. The fraction of sp³-hybridized carbons (Fsp3) is 0.533. The summed E-state index contributed by atoms with van der Waals surface area (Å²) in [7, 11) is 0.742. The number of carbonyl (C=O) groups is 3. The number of ether oxygens (including phenoxy) is 1. The van der Waals surface area contributed by atoms with Crippen LogP contribution in [0.2, 0.25) is 0 Å². The Morgan fingerprint density at radius 3 is 1.93 bits per heavy atom. The van der Waals surface area contributed by atoms with Gasteiger partial charge in [0.1, 0.15) is 17.3 Å². The molecule has 0 fully saturated rings. The molecule has 0 aromatic rings. The van der Waals surface area contributed by atoms with Crippen LogP contribution < -0.4 is 0 Å². The third kappa shape index (κ3) is 4.75. The lowest BCUT2D eigenvalue weighted by molar-refractivity contribution is -0.140. The minimum Gasteiger partial charge on any atom is -0.478 e. The smallest absolute Gasteiger partial charge is 0.432 e. The summed E-state index contributed by atoms with van der Waals surface area (Å²) in [4.78, 5) is 33.4. The predicted octanol–water partition coefficient (Wildman–Crippen LogP) is 3.47. The molecule has 0 saturated carbocycles. The van der Waals surface area contributed by atoms with Crippen LogP contribution in [0.1, 0.15) is 20.8 Å². The van der Waals surface area contributed by atoms with Crippen molar-refractivity contribution in [2.75, 3.05) is 7.11 Å². The van der Waals surface area contributed by atoms with Gasteiger partial charge in [-0.3, -0.25) is 4.90 Å². The largest absolute Gasteiger partial charge is 0.478 e. The minimum absolute atomic E-state index is 0.408. The van der Waals surface area contributed by atoms with Crippen LogP contribution in [0.25, 0.3) is 0 Å². The lowest BCUT2D eigenvalue weighted by atomic mass is 9.94. The molecule has 2 N–H and O–H groups in total. The Bertz CT molecular complexity index is 753. The summed E-state index contributed by atoms with van der Waals surface area (Å²) >= 11 is 0.408. The van der Waals surface area contributed by atoms with Crippen molar-refractivity contribution in [1.82, 2.24) is 4.90 Å². The molecule has 28 heavy (non-hydrogen) atoms. The van der Waals surface area contributed by atoms with E-state index in [1.807, 2.05) is 0 Å². The van der Waals surface area contributed by atoms with Crippen LogP contribution in [0.3, 0.4) is 0 Å². The Labute approximate surface area is 159 Å². The van der Waals surface area contributed by atoms with Gasteiger partial charge in [0, 0.05) is 9.65 Å². The molecule has 0 radical (unpaired) electrons. The second-order valence-electron chi connectivity index (χ2n) is 6.41. The van der Waals surface area contributed by atoms with Crippen molar-refractivity contribution in [3.05, 3.63) is 21.7 Å². The molecule has 1 rings (SSSR count). The second-order valence-corrected chi connectivity index (χ2v) is 8.24. The fourth-order valence-corrected chi connectivity index (χ4v) is 3.64. The van der Waals surface area contributed by atoms with Gasteiger partial charge in [-0.2, -0.15) is 13.2 Å². The second kappa shape index (κ2) is 7.97. The number of rotatable bonds is 4. The summed E-state index contributed by atoms with van der Waals surface area (Å²) in [6.45, 7) is 4.31. The number of thioether (sulfide) groups is 1. The van der Waals surface area contributed by atoms with Gasteiger partial charge in [0.15, 0.2) is 0 Å². The van der Waals surface area contributed by atoms with Gasteiger partial charge >= 0.3 is 24.2 Å². The summed E-state index contributed by atoms with van der Waals surface area (Å²) < 4.78 is 71.5. The third-order valence-electron chi connectivity index (χ3n) is 3.26. The number of carboxylic acid groups (broad SMARTS) is 2. The summed E-state index contributed by atoms with van der Waals surface area (Å²) in [5.74, 6) is -3.80. The Morgan fingerprint density at radius 1 is 1.14 bits per heavy atom. The Kier molecular flexibility index (Phi) is 6.76. The molecular formula is C15H16F5NO6S. The van der Waals surface area contributed by atoms with Gasteiger partial charge in [0.25, 0.3) is 6.43 Å². The van der Waals surface area contributed by atoms with Crippen molar-refractivity contribution < 1.29 is 51.3 Å². The number of allylic oxidation sites excluding steroid dienone is 1. The van der Waals surface area contributed by atoms with Crippen LogP contribution in [-0.2, 0) is 14.3 Å². The molecule has 1 heterocycles. The van der Waals surface area contributed by atoms with Crippen molar-refractivity contribution >= 4 is 29.8 Å². The average molecular weight is 433 g/mol. The van der Waals surface area contributed by atoms with Gasteiger partial charge in [-0.25, -0.2) is 23.2 Å². The molecule has 0 aromatic carbocycles. The van der Waals surface area contributed by atoms with E-state index in [1.54, 1.807) is 0 Å². The topological polar surface area (TPSA) is 104 Å². The van der Waals surface area contributed by atoms with Gasteiger partial charge in [-0.1, -0.05) is 20.8 Å². The molecule has 0 saturated heterocycles.